The Kier molecular flexibility index (Phi) is 7.74. The van der Waals surface area contributed by atoms with E-state index < -0.39 is 24.1 Å². The maximum absolute atomic E-state index is 13.0. The zero-order chi connectivity index (χ0) is 24.0. The second-order valence-corrected chi connectivity index (χ2v) is 9.51. The van der Waals surface area contributed by atoms with Gasteiger partial charge >= 0.3 is 6.09 Å². The average Bonchev–Trinajstić information content (AvgIpc) is 3.27. The molecule has 0 aromatic heterocycles. The number of primary amides is 1. The van der Waals surface area contributed by atoms with Crippen LogP contribution >= 0.6 is 0 Å². The minimum atomic E-state index is -0.860. The van der Waals surface area contributed by atoms with Gasteiger partial charge < -0.3 is 15.8 Å². The Morgan fingerprint density at radius 1 is 1.06 bits per heavy atom. The summed E-state index contributed by atoms with van der Waals surface area (Å²) in [5.74, 6) is -1.00. The summed E-state index contributed by atoms with van der Waals surface area (Å²) in [5.41, 5.74) is 8.56. The van der Waals surface area contributed by atoms with Gasteiger partial charge in [-0.25, -0.2) is 4.79 Å². The number of nitrogens with one attached hydrogen (secondary N) is 1. The quantitative estimate of drug-likeness (QED) is 0.674. The van der Waals surface area contributed by atoms with Crippen molar-refractivity contribution in [3.8, 4) is 0 Å². The van der Waals surface area contributed by atoms with Gasteiger partial charge in [0.05, 0.1) is 0 Å². The zero-order valence-electron chi connectivity index (χ0n) is 19.5. The molecule has 0 unspecified atom stereocenters. The van der Waals surface area contributed by atoms with Crippen LogP contribution in [0.15, 0.2) is 54.6 Å². The third-order valence-corrected chi connectivity index (χ3v) is 5.91. The van der Waals surface area contributed by atoms with Crippen molar-refractivity contribution >= 4 is 17.9 Å². The number of nitrogens with zero attached hydrogens (tertiary/aromatic N) is 1. The lowest BCUT2D eigenvalue weighted by Gasteiger charge is -2.25. The molecule has 0 spiro atoms. The van der Waals surface area contributed by atoms with Gasteiger partial charge in [0.15, 0.2) is 0 Å². The summed E-state index contributed by atoms with van der Waals surface area (Å²) in [6.07, 6.45) is 0.952. The van der Waals surface area contributed by atoms with E-state index >= 15 is 0 Å². The van der Waals surface area contributed by atoms with Crippen molar-refractivity contribution in [1.29, 1.82) is 0 Å². The lowest BCUT2D eigenvalue weighted by atomic mass is 9.86. The maximum atomic E-state index is 13.0. The molecule has 2 atom stereocenters. The summed E-state index contributed by atoms with van der Waals surface area (Å²) >= 11 is 0. The standard InChI is InChI=1S/C26H33N3O4/c1-26(2,3)20-13-11-18(12-14-20)16-21(23(27)30)28-24(31)22-10-7-15-29(22)25(32)33-17-19-8-5-4-6-9-19/h4-6,8-9,11-14,21-22H,7,10,15-17H2,1-3H3,(H2,27,30)(H,28,31)/t21-,22-/m1/s1. The van der Waals surface area contributed by atoms with Gasteiger partial charge in [-0.1, -0.05) is 75.4 Å². The lowest BCUT2D eigenvalue weighted by Crippen LogP contribution is -2.53. The number of hydrogen-bond donors (Lipinski definition) is 2. The van der Waals surface area contributed by atoms with Crippen LogP contribution in [0.2, 0.25) is 0 Å². The van der Waals surface area contributed by atoms with Gasteiger partial charge in [0.2, 0.25) is 11.8 Å². The number of ether oxygens (including phenoxy) is 1. The number of carbonyl (C=O) groups excluding carboxylic acids is 3. The number of likely N-dealkylation sites (tertiary alicyclic amines) is 1. The topological polar surface area (TPSA) is 102 Å². The van der Waals surface area contributed by atoms with Crippen LogP contribution < -0.4 is 11.1 Å². The van der Waals surface area contributed by atoms with Gasteiger partial charge in [-0.2, -0.15) is 0 Å². The van der Waals surface area contributed by atoms with Crippen LogP contribution in [-0.2, 0) is 32.8 Å². The molecule has 1 saturated heterocycles. The van der Waals surface area contributed by atoms with E-state index in [-0.39, 0.29) is 24.3 Å². The average molecular weight is 452 g/mol. The highest BCUT2D eigenvalue weighted by Crippen LogP contribution is 2.23. The molecule has 176 valence electrons. The molecule has 1 aliphatic heterocycles. The van der Waals surface area contributed by atoms with Crippen molar-refractivity contribution in [2.24, 2.45) is 5.73 Å². The Morgan fingerprint density at radius 2 is 1.73 bits per heavy atom. The number of nitrogens with two attached hydrogens (primary N) is 1. The van der Waals surface area contributed by atoms with E-state index in [1.54, 1.807) is 0 Å². The fraction of sp³-hybridized carbons (Fsp3) is 0.423. The summed E-state index contributed by atoms with van der Waals surface area (Å²) in [6.45, 7) is 6.96. The second-order valence-electron chi connectivity index (χ2n) is 9.51. The molecule has 2 aromatic rings. The maximum Gasteiger partial charge on any atom is 0.410 e. The van der Waals surface area contributed by atoms with Crippen molar-refractivity contribution in [1.82, 2.24) is 10.2 Å². The van der Waals surface area contributed by atoms with Crippen LogP contribution in [-0.4, -0.2) is 41.4 Å². The van der Waals surface area contributed by atoms with E-state index in [1.165, 1.54) is 10.5 Å². The Morgan fingerprint density at radius 3 is 2.33 bits per heavy atom. The first-order chi connectivity index (χ1) is 15.6. The minimum Gasteiger partial charge on any atom is -0.445 e. The van der Waals surface area contributed by atoms with Crippen LogP contribution in [0, 0.1) is 0 Å². The van der Waals surface area contributed by atoms with Crippen LogP contribution in [0.5, 0.6) is 0 Å². The van der Waals surface area contributed by atoms with E-state index in [0.29, 0.717) is 19.4 Å². The van der Waals surface area contributed by atoms with Gasteiger partial charge in [-0.15, -0.1) is 0 Å². The Labute approximate surface area is 195 Å². The largest absolute Gasteiger partial charge is 0.445 e. The smallest absolute Gasteiger partial charge is 0.410 e. The molecule has 7 heteroatoms. The Balaban J connectivity index is 1.60. The van der Waals surface area contributed by atoms with Crippen molar-refractivity contribution in [2.45, 2.75) is 64.1 Å². The lowest BCUT2D eigenvalue weighted by molar-refractivity contribution is -0.130. The molecule has 0 saturated carbocycles. The SMILES string of the molecule is CC(C)(C)c1ccc(C[C@@H](NC(=O)[C@H]2CCCN2C(=O)OCc2ccccc2)C(N)=O)cc1. The van der Waals surface area contributed by atoms with Crippen molar-refractivity contribution in [3.05, 3.63) is 71.3 Å². The molecule has 0 radical (unpaired) electrons. The van der Waals surface area contributed by atoms with E-state index in [0.717, 1.165) is 11.1 Å². The Bertz CT molecular complexity index is 967. The van der Waals surface area contributed by atoms with E-state index in [9.17, 15) is 14.4 Å². The van der Waals surface area contributed by atoms with Crippen molar-refractivity contribution in [3.63, 3.8) is 0 Å². The highest BCUT2D eigenvalue weighted by atomic mass is 16.6. The van der Waals surface area contributed by atoms with Crippen LogP contribution in [0.3, 0.4) is 0 Å². The van der Waals surface area contributed by atoms with Crippen LogP contribution in [0.25, 0.3) is 0 Å². The first kappa shape index (κ1) is 24.3. The molecule has 1 aliphatic rings. The molecule has 3 amide bonds. The normalized spacial score (nSPS) is 16.8. The first-order valence-electron chi connectivity index (χ1n) is 11.3. The number of benzene rings is 2. The van der Waals surface area contributed by atoms with Crippen LogP contribution in [0.4, 0.5) is 4.79 Å². The number of rotatable bonds is 7. The molecule has 3 N–H and O–H groups in total. The summed E-state index contributed by atoms with van der Waals surface area (Å²) < 4.78 is 5.39. The summed E-state index contributed by atoms with van der Waals surface area (Å²) in [7, 11) is 0. The molecule has 1 heterocycles. The van der Waals surface area contributed by atoms with Gasteiger partial charge in [0, 0.05) is 13.0 Å². The predicted molar refractivity (Wildman–Crippen MR) is 126 cm³/mol. The summed E-state index contributed by atoms with van der Waals surface area (Å²) in [4.78, 5) is 39.0. The second kappa shape index (κ2) is 10.5. The Hall–Kier alpha value is -3.35. The monoisotopic (exact) mass is 451 g/mol. The minimum absolute atomic E-state index is 0.0247. The van der Waals surface area contributed by atoms with E-state index in [4.69, 9.17) is 10.5 Å². The van der Waals surface area contributed by atoms with Gasteiger partial charge in [-0.3, -0.25) is 14.5 Å². The molecular weight excluding hydrogens is 418 g/mol. The summed E-state index contributed by atoms with van der Waals surface area (Å²) in [6, 6.07) is 15.8. The molecule has 0 bridgehead atoms. The molecule has 33 heavy (non-hydrogen) atoms. The molecule has 2 aromatic carbocycles. The molecular formula is C26H33N3O4. The number of hydrogen-bond acceptors (Lipinski definition) is 4. The number of carbonyl (C=O) groups is 3. The van der Waals surface area contributed by atoms with E-state index in [2.05, 4.69) is 26.1 Å². The highest BCUT2D eigenvalue weighted by molar-refractivity contribution is 5.91. The van der Waals surface area contributed by atoms with Crippen molar-refractivity contribution < 1.29 is 19.1 Å². The predicted octanol–water partition coefficient (Wildman–Crippen LogP) is 3.30. The number of amides is 3. The fourth-order valence-electron chi connectivity index (χ4n) is 3.93. The molecule has 3 rings (SSSR count). The highest BCUT2D eigenvalue weighted by Gasteiger charge is 2.36. The van der Waals surface area contributed by atoms with E-state index in [1.807, 2.05) is 54.6 Å². The van der Waals surface area contributed by atoms with Gasteiger partial charge in [0.25, 0.3) is 0 Å². The third-order valence-electron chi connectivity index (χ3n) is 5.91. The fourth-order valence-corrected chi connectivity index (χ4v) is 3.93. The molecule has 7 nitrogen and oxygen atoms in total. The van der Waals surface area contributed by atoms with Gasteiger partial charge in [-0.05, 0) is 34.9 Å². The summed E-state index contributed by atoms with van der Waals surface area (Å²) in [5, 5.41) is 2.75. The third kappa shape index (κ3) is 6.57. The van der Waals surface area contributed by atoms with Gasteiger partial charge in [0.1, 0.15) is 18.7 Å². The first-order valence-corrected chi connectivity index (χ1v) is 11.3. The molecule has 1 fully saturated rings. The van der Waals surface area contributed by atoms with Crippen LogP contribution in [0.1, 0.15) is 50.3 Å². The molecule has 0 aliphatic carbocycles. The zero-order valence-corrected chi connectivity index (χ0v) is 19.5. The van der Waals surface area contributed by atoms with Crippen molar-refractivity contribution in [2.75, 3.05) is 6.54 Å².